The van der Waals surface area contributed by atoms with Crippen LogP contribution in [-0.2, 0) is 6.54 Å². The number of aromatic nitrogens is 2. The molecule has 1 aromatic carbocycles. The van der Waals surface area contributed by atoms with Gasteiger partial charge in [0.25, 0.3) is 5.56 Å². The molecule has 0 amide bonds. The van der Waals surface area contributed by atoms with Crippen LogP contribution in [0, 0.1) is 0 Å². The van der Waals surface area contributed by atoms with E-state index < -0.39 is 0 Å². The van der Waals surface area contributed by atoms with Crippen LogP contribution in [-0.4, -0.2) is 17.1 Å². The molecule has 0 fully saturated rings. The number of thiophene rings is 1. The van der Waals surface area contributed by atoms with Gasteiger partial charge in [0.2, 0.25) is 0 Å². The summed E-state index contributed by atoms with van der Waals surface area (Å²) in [4.78, 5) is 19.1. The van der Waals surface area contributed by atoms with Crippen LogP contribution in [0.4, 0.5) is 5.69 Å². The average molecular weight is 366 g/mol. The minimum absolute atomic E-state index is 0.104. The van der Waals surface area contributed by atoms with Gasteiger partial charge in [0.1, 0.15) is 16.3 Å². The minimum atomic E-state index is -0.104. The van der Waals surface area contributed by atoms with E-state index in [4.69, 9.17) is 4.74 Å². The lowest BCUT2D eigenvalue weighted by Gasteiger charge is -2.11. The molecule has 0 saturated carbocycles. The Kier molecular flexibility index (Phi) is 3.94. The van der Waals surface area contributed by atoms with Gasteiger partial charge < -0.3 is 15.0 Å². The maximum atomic E-state index is 11.9. The Labute approximate surface area is 133 Å². The molecule has 0 atom stereocenters. The van der Waals surface area contributed by atoms with E-state index in [-0.39, 0.29) is 5.56 Å². The van der Waals surface area contributed by atoms with E-state index in [9.17, 15) is 4.79 Å². The number of H-pyrrole nitrogens is 1. The van der Waals surface area contributed by atoms with E-state index >= 15 is 0 Å². The molecule has 0 aliphatic heterocycles. The summed E-state index contributed by atoms with van der Waals surface area (Å²) in [7, 11) is 1.62. The molecule has 3 aromatic rings. The number of aromatic amines is 1. The van der Waals surface area contributed by atoms with Crippen LogP contribution in [0.1, 0.15) is 5.82 Å². The third-order valence-electron chi connectivity index (χ3n) is 2.97. The number of fused-ring (bicyclic) bond motifs is 1. The largest absolute Gasteiger partial charge is 0.495 e. The molecule has 2 N–H and O–H groups in total. The maximum absolute atomic E-state index is 11.9. The summed E-state index contributed by atoms with van der Waals surface area (Å²) in [6, 6.07) is 7.53. The Morgan fingerprint density at radius 3 is 3.10 bits per heavy atom. The highest BCUT2D eigenvalue weighted by Crippen LogP contribution is 2.28. The molecule has 2 heterocycles. The second kappa shape index (κ2) is 5.87. The SMILES string of the molecule is COc1ccc(Br)cc1NCc1nc2ccsc2c(=O)[nH]1. The van der Waals surface area contributed by atoms with Crippen molar-refractivity contribution in [2.24, 2.45) is 0 Å². The zero-order valence-electron chi connectivity index (χ0n) is 11.1. The van der Waals surface area contributed by atoms with Gasteiger partial charge >= 0.3 is 0 Å². The normalized spacial score (nSPS) is 10.8. The van der Waals surface area contributed by atoms with E-state index in [0.717, 1.165) is 21.4 Å². The first-order valence-corrected chi connectivity index (χ1v) is 7.88. The zero-order valence-corrected chi connectivity index (χ0v) is 13.5. The number of rotatable bonds is 4. The van der Waals surface area contributed by atoms with Crippen molar-refractivity contribution in [2.45, 2.75) is 6.54 Å². The Hall–Kier alpha value is -1.86. The van der Waals surface area contributed by atoms with E-state index in [0.29, 0.717) is 17.1 Å². The summed E-state index contributed by atoms with van der Waals surface area (Å²) >= 11 is 4.82. The molecular formula is C14H12BrN3O2S. The zero-order chi connectivity index (χ0) is 14.8. The summed E-state index contributed by atoms with van der Waals surface area (Å²) in [6.07, 6.45) is 0. The van der Waals surface area contributed by atoms with Gasteiger partial charge in [-0.25, -0.2) is 4.98 Å². The molecular weight excluding hydrogens is 354 g/mol. The first kappa shape index (κ1) is 14.1. The van der Waals surface area contributed by atoms with Crippen LogP contribution >= 0.6 is 27.3 Å². The van der Waals surface area contributed by atoms with E-state index in [2.05, 4.69) is 31.2 Å². The van der Waals surface area contributed by atoms with Crippen LogP contribution in [0.3, 0.4) is 0 Å². The number of nitrogens with one attached hydrogen (secondary N) is 2. The molecule has 5 nitrogen and oxygen atoms in total. The highest BCUT2D eigenvalue weighted by molar-refractivity contribution is 9.10. The number of halogens is 1. The summed E-state index contributed by atoms with van der Waals surface area (Å²) in [5, 5.41) is 5.08. The molecule has 3 rings (SSSR count). The Balaban J connectivity index is 1.86. The molecule has 7 heteroatoms. The van der Waals surface area contributed by atoms with Gasteiger partial charge in [-0.3, -0.25) is 4.79 Å². The lowest BCUT2D eigenvalue weighted by Crippen LogP contribution is -2.13. The van der Waals surface area contributed by atoms with Gasteiger partial charge in [0, 0.05) is 4.47 Å². The van der Waals surface area contributed by atoms with Gasteiger partial charge in [-0.05, 0) is 29.6 Å². The fourth-order valence-electron chi connectivity index (χ4n) is 2.00. The quantitative estimate of drug-likeness (QED) is 0.743. The van der Waals surface area contributed by atoms with Crippen LogP contribution < -0.4 is 15.6 Å². The first-order chi connectivity index (χ1) is 10.2. The molecule has 0 spiro atoms. The number of hydrogen-bond acceptors (Lipinski definition) is 5. The molecule has 0 radical (unpaired) electrons. The van der Waals surface area contributed by atoms with Crippen molar-refractivity contribution in [1.82, 2.24) is 9.97 Å². The summed E-state index contributed by atoms with van der Waals surface area (Å²) in [5.41, 5.74) is 1.45. The van der Waals surface area contributed by atoms with E-state index in [1.54, 1.807) is 7.11 Å². The minimum Gasteiger partial charge on any atom is -0.495 e. The van der Waals surface area contributed by atoms with Gasteiger partial charge in [0.15, 0.2) is 0 Å². The third-order valence-corrected chi connectivity index (χ3v) is 4.37. The Bertz CT molecular complexity index is 844. The fraction of sp³-hybridized carbons (Fsp3) is 0.143. The van der Waals surface area contributed by atoms with E-state index in [1.165, 1.54) is 11.3 Å². The second-order valence-electron chi connectivity index (χ2n) is 4.35. The van der Waals surface area contributed by atoms with Crippen molar-refractivity contribution >= 4 is 43.2 Å². The monoisotopic (exact) mass is 365 g/mol. The van der Waals surface area contributed by atoms with E-state index in [1.807, 2.05) is 29.6 Å². The fourth-order valence-corrected chi connectivity index (χ4v) is 3.09. The van der Waals surface area contributed by atoms with Gasteiger partial charge in [-0.1, -0.05) is 15.9 Å². The molecule has 108 valence electrons. The molecule has 0 saturated heterocycles. The molecule has 0 unspecified atom stereocenters. The predicted octanol–water partition coefficient (Wildman–Crippen LogP) is 3.37. The first-order valence-electron chi connectivity index (χ1n) is 6.21. The number of anilines is 1. The average Bonchev–Trinajstić information content (AvgIpc) is 2.94. The van der Waals surface area contributed by atoms with Crippen molar-refractivity contribution < 1.29 is 4.74 Å². The molecule has 21 heavy (non-hydrogen) atoms. The number of hydrogen-bond donors (Lipinski definition) is 2. The highest BCUT2D eigenvalue weighted by Gasteiger charge is 2.07. The van der Waals surface area contributed by atoms with Crippen LogP contribution in [0.5, 0.6) is 5.75 Å². The Morgan fingerprint density at radius 2 is 2.29 bits per heavy atom. The third kappa shape index (κ3) is 2.93. The van der Waals surface area contributed by atoms with Crippen molar-refractivity contribution in [2.75, 3.05) is 12.4 Å². The summed E-state index contributed by atoms with van der Waals surface area (Å²) in [6.45, 7) is 0.411. The lowest BCUT2D eigenvalue weighted by molar-refractivity contribution is 0.416. The van der Waals surface area contributed by atoms with Crippen molar-refractivity contribution in [3.05, 3.63) is 50.3 Å². The maximum Gasteiger partial charge on any atom is 0.268 e. The Morgan fingerprint density at radius 1 is 1.43 bits per heavy atom. The molecule has 2 aromatic heterocycles. The summed E-state index contributed by atoms with van der Waals surface area (Å²) < 4.78 is 6.89. The topological polar surface area (TPSA) is 67.0 Å². The van der Waals surface area contributed by atoms with Crippen LogP contribution in [0.15, 0.2) is 38.9 Å². The van der Waals surface area contributed by atoms with Gasteiger partial charge in [0.05, 0.1) is 24.9 Å². The summed E-state index contributed by atoms with van der Waals surface area (Å²) in [5.74, 6) is 1.32. The second-order valence-corrected chi connectivity index (χ2v) is 6.18. The lowest BCUT2D eigenvalue weighted by atomic mass is 10.3. The smallest absolute Gasteiger partial charge is 0.268 e. The van der Waals surface area contributed by atoms with Gasteiger partial charge in [-0.15, -0.1) is 11.3 Å². The number of methoxy groups -OCH3 is 1. The standard InChI is InChI=1S/C14H12BrN3O2S/c1-20-11-3-2-8(15)6-10(11)16-7-12-17-9-4-5-21-13(9)14(19)18-12/h2-6,16H,7H2,1H3,(H,17,18,19). The number of benzene rings is 1. The molecule has 0 aliphatic carbocycles. The highest BCUT2D eigenvalue weighted by atomic mass is 79.9. The van der Waals surface area contributed by atoms with Gasteiger partial charge in [-0.2, -0.15) is 0 Å². The van der Waals surface area contributed by atoms with Crippen LogP contribution in [0.2, 0.25) is 0 Å². The molecule has 0 bridgehead atoms. The molecule has 0 aliphatic rings. The number of nitrogens with zero attached hydrogens (tertiary/aromatic N) is 1. The predicted molar refractivity (Wildman–Crippen MR) is 88.3 cm³/mol. The van der Waals surface area contributed by atoms with Crippen LogP contribution in [0.25, 0.3) is 10.2 Å². The van der Waals surface area contributed by atoms with Crippen molar-refractivity contribution in [1.29, 1.82) is 0 Å². The van der Waals surface area contributed by atoms with Crippen molar-refractivity contribution in [3.63, 3.8) is 0 Å². The van der Waals surface area contributed by atoms with Crippen molar-refractivity contribution in [3.8, 4) is 5.75 Å². The number of ether oxygens (including phenoxy) is 1.